The Balaban J connectivity index is 1.71. The molecule has 0 saturated heterocycles. The molecule has 3 rings (SSSR count). The van der Waals surface area contributed by atoms with Crippen LogP contribution in [0.15, 0.2) is 52.9 Å². The van der Waals surface area contributed by atoms with Crippen LogP contribution in [0.3, 0.4) is 0 Å². The predicted molar refractivity (Wildman–Crippen MR) is 99.7 cm³/mol. The zero-order valence-corrected chi connectivity index (χ0v) is 14.9. The molecule has 0 bridgehead atoms. The largest absolute Gasteiger partial charge is 0.441 e. The highest BCUT2D eigenvalue weighted by molar-refractivity contribution is 5.94. The molecule has 1 aromatic heterocycles. The van der Waals surface area contributed by atoms with E-state index in [9.17, 15) is 14.0 Å². The van der Waals surface area contributed by atoms with Gasteiger partial charge in [-0.05, 0) is 37.3 Å². The predicted octanol–water partition coefficient (Wildman–Crippen LogP) is 3.93. The van der Waals surface area contributed by atoms with Gasteiger partial charge < -0.3 is 15.1 Å². The molecule has 0 radical (unpaired) electrons. The number of aryl methyl sites for hydroxylation is 1. The Kier molecular flexibility index (Phi) is 5.30. The van der Waals surface area contributed by atoms with Crippen LogP contribution in [-0.2, 0) is 16.0 Å². The van der Waals surface area contributed by atoms with Crippen molar-refractivity contribution in [3.8, 4) is 11.5 Å². The van der Waals surface area contributed by atoms with E-state index in [-0.39, 0.29) is 18.0 Å². The molecular weight excluding hydrogens is 349 g/mol. The number of amides is 2. The monoisotopic (exact) mass is 367 g/mol. The number of anilines is 2. The number of carbonyl (C=O) groups excluding carboxylic acids is 2. The van der Waals surface area contributed by atoms with Gasteiger partial charge in [0.2, 0.25) is 17.7 Å². The fourth-order valence-electron chi connectivity index (χ4n) is 2.54. The van der Waals surface area contributed by atoms with Crippen LogP contribution >= 0.6 is 0 Å². The second-order valence-electron chi connectivity index (χ2n) is 5.99. The van der Waals surface area contributed by atoms with E-state index in [1.807, 2.05) is 30.3 Å². The van der Waals surface area contributed by atoms with Crippen molar-refractivity contribution < 1.29 is 18.4 Å². The first-order valence-electron chi connectivity index (χ1n) is 8.31. The molecule has 0 aliphatic heterocycles. The molecule has 0 unspecified atom stereocenters. The van der Waals surface area contributed by atoms with E-state index in [4.69, 9.17) is 4.42 Å². The van der Waals surface area contributed by atoms with Gasteiger partial charge in [-0.1, -0.05) is 18.2 Å². The summed E-state index contributed by atoms with van der Waals surface area (Å²) in [7, 11) is 0. The quantitative estimate of drug-likeness (QED) is 0.716. The fraction of sp³-hybridized carbons (Fsp3) is 0.150. The lowest BCUT2D eigenvalue weighted by Crippen LogP contribution is -2.16. The summed E-state index contributed by atoms with van der Waals surface area (Å²) in [6.07, 6.45) is 0.00894. The normalized spacial score (nSPS) is 10.5. The molecule has 0 fully saturated rings. The van der Waals surface area contributed by atoms with Crippen molar-refractivity contribution in [1.82, 2.24) is 4.98 Å². The number of nitrogens with one attached hydrogen (secondary N) is 2. The van der Waals surface area contributed by atoms with Crippen molar-refractivity contribution in [3.63, 3.8) is 0 Å². The molecule has 2 aromatic carbocycles. The molecule has 2 N–H and O–H groups in total. The van der Waals surface area contributed by atoms with Gasteiger partial charge in [-0.2, -0.15) is 0 Å². The van der Waals surface area contributed by atoms with Crippen LogP contribution in [0.2, 0.25) is 0 Å². The van der Waals surface area contributed by atoms with E-state index < -0.39 is 11.7 Å². The number of oxazole rings is 1. The first-order valence-corrected chi connectivity index (χ1v) is 8.31. The summed E-state index contributed by atoms with van der Waals surface area (Å²) in [6.45, 7) is 3.02. The molecule has 0 atom stereocenters. The van der Waals surface area contributed by atoms with Gasteiger partial charge >= 0.3 is 0 Å². The first kappa shape index (κ1) is 18.3. The van der Waals surface area contributed by atoms with Crippen molar-refractivity contribution in [2.75, 3.05) is 10.6 Å². The van der Waals surface area contributed by atoms with E-state index in [2.05, 4.69) is 15.6 Å². The number of nitrogens with zero attached hydrogens (tertiary/aromatic N) is 1. The Labute approximate surface area is 155 Å². The lowest BCUT2D eigenvalue weighted by molar-refractivity contribution is -0.116. The Morgan fingerprint density at radius 2 is 1.85 bits per heavy atom. The Hall–Kier alpha value is -3.48. The molecule has 3 aromatic rings. The number of rotatable bonds is 5. The second kappa shape index (κ2) is 7.82. The van der Waals surface area contributed by atoms with Gasteiger partial charge in [0.1, 0.15) is 11.6 Å². The maximum absolute atomic E-state index is 13.7. The van der Waals surface area contributed by atoms with Crippen molar-refractivity contribution >= 4 is 23.2 Å². The first-order chi connectivity index (χ1) is 12.9. The van der Waals surface area contributed by atoms with Crippen molar-refractivity contribution in [2.24, 2.45) is 0 Å². The molecular formula is C20H18FN3O3. The van der Waals surface area contributed by atoms with Crippen LogP contribution in [0.1, 0.15) is 18.4 Å². The SMILES string of the molecule is CC(=O)Nc1cc(NC(=O)Cc2nc(-c3ccccc3)oc2C)ccc1F. The van der Waals surface area contributed by atoms with Gasteiger partial charge in [0.15, 0.2) is 0 Å². The lowest BCUT2D eigenvalue weighted by Gasteiger charge is -2.08. The van der Waals surface area contributed by atoms with E-state index >= 15 is 0 Å². The number of halogens is 1. The average molecular weight is 367 g/mol. The molecule has 7 heteroatoms. The van der Waals surface area contributed by atoms with Gasteiger partial charge in [0, 0.05) is 18.2 Å². The third kappa shape index (κ3) is 4.58. The molecule has 0 aliphatic rings. The third-order valence-electron chi connectivity index (χ3n) is 3.80. The van der Waals surface area contributed by atoms with E-state index in [0.717, 1.165) is 5.56 Å². The van der Waals surface area contributed by atoms with Crippen molar-refractivity contribution in [2.45, 2.75) is 20.3 Å². The van der Waals surface area contributed by atoms with E-state index in [1.165, 1.54) is 25.1 Å². The van der Waals surface area contributed by atoms with E-state index in [0.29, 0.717) is 23.0 Å². The van der Waals surface area contributed by atoms with E-state index in [1.54, 1.807) is 6.92 Å². The smallest absolute Gasteiger partial charge is 0.230 e. The number of aromatic nitrogens is 1. The minimum absolute atomic E-state index is 0.00396. The van der Waals surface area contributed by atoms with Gasteiger partial charge in [0.25, 0.3) is 0 Å². The summed E-state index contributed by atoms with van der Waals surface area (Å²) < 4.78 is 19.3. The highest BCUT2D eigenvalue weighted by atomic mass is 19.1. The molecule has 1 heterocycles. The molecule has 27 heavy (non-hydrogen) atoms. The maximum Gasteiger partial charge on any atom is 0.230 e. The molecule has 0 spiro atoms. The highest BCUT2D eigenvalue weighted by Gasteiger charge is 2.15. The summed E-state index contributed by atoms with van der Waals surface area (Å²) in [6, 6.07) is 13.4. The topological polar surface area (TPSA) is 84.2 Å². The second-order valence-corrected chi connectivity index (χ2v) is 5.99. The number of hydrogen-bond donors (Lipinski definition) is 2. The molecule has 2 amide bonds. The zero-order chi connectivity index (χ0) is 19.4. The van der Waals surface area contributed by atoms with Gasteiger partial charge in [-0.25, -0.2) is 9.37 Å². The summed E-state index contributed by atoms with van der Waals surface area (Å²) in [4.78, 5) is 27.8. The number of benzene rings is 2. The minimum Gasteiger partial charge on any atom is -0.441 e. The van der Waals surface area contributed by atoms with Crippen LogP contribution in [0, 0.1) is 12.7 Å². The highest BCUT2D eigenvalue weighted by Crippen LogP contribution is 2.23. The molecule has 0 saturated carbocycles. The molecule has 138 valence electrons. The molecule has 0 aliphatic carbocycles. The summed E-state index contributed by atoms with van der Waals surface area (Å²) in [5, 5.41) is 5.04. The van der Waals surface area contributed by atoms with Crippen LogP contribution in [0.5, 0.6) is 0 Å². The Morgan fingerprint density at radius 3 is 2.56 bits per heavy atom. The van der Waals surface area contributed by atoms with Crippen molar-refractivity contribution in [3.05, 3.63) is 65.8 Å². The van der Waals surface area contributed by atoms with Crippen LogP contribution in [0.25, 0.3) is 11.5 Å². The zero-order valence-electron chi connectivity index (χ0n) is 14.9. The Morgan fingerprint density at radius 1 is 1.11 bits per heavy atom. The van der Waals surface area contributed by atoms with Gasteiger partial charge in [-0.3, -0.25) is 9.59 Å². The van der Waals surface area contributed by atoms with Crippen LogP contribution < -0.4 is 10.6 Å². The minimum atomic E-state index is -0.581. The number of carbonyl (C=O) groups is 2. The third-order valence-corrected chi connectivity index (χ3v) is 3.80. The average Bonchev–Trinajstić information content (AvgIpc) is 2.99. The van der Waals surface area contributed by atoms with Crippen LogP contribution in [-0.4, -0.2) is 16.8 Å². The Bertz CT molecular complexity index is 983. The fourth-order valence-corrected chi connectivity index (χ4v) is 2.54. The summed E-state index contributed by atoms with van der Waals surface area (Å²) in [5.74, 6) is -0.300. The number of hydrogen-bond acceptors (Lipinski definition) is 4. The van der Waals surface area contributed by atoms with Crippen LogP contribution in [0.4, 0.5) is 15.8 Å². The maximum atomic E-state index is 13.7. The molecule has 6 nitrogen and oxygen atoms in total. The summed E-state index contributed by atoms with van der Waals surface area (Å²) in [5.41, 5.74) is 1.72. The van der Waals surface area contributed by atoms with Gasteiger partial charge in [0.05, 0.1) is 17.8 Å². The lowest BCUT2D eigenvalue weighted by atomic mass is 10.2. The van der Waals surface area contributed by atoms with Gasteiger partial charge in [-0.15, -0.1) is 0 Å². The van der Waals surface area contributed by atoms with Crippen molar-refractivity contribution in [1.29, 1.82) is 0 Å². The standard InChI is InChI=1S/C20H18FN3O3/c1-12-17(24-20(27-12)14-6-4-3-5-7-14)11-19(26)23-15-8-9-16(21)18(10-15)22-13(2)25/h3-10H,11H2,1-2H3,(H,22,25)(H,23,26). The summed E-state index contributed by atoms with van der Waals surface area (Å²) >= 11 is 0.